The van der Waals surface area contributed by atoms with Crippen LogP contribution in [0, 0.1) is 10.8 Å². The van der Waals surface area contributed by atoms with Crippen LogP contribution < -0.4 is 5.73 Å². The van der Waals surface area contributed by atoms with Gasteiger partial charge in [0.25, 0.3) is 0 Å². The summed E-state index contributed by atoms with van der Waals surface area (Å²) in [5.41, 5.74) is 4.17. The lowest BCUT2D eigenvalue weighted by atomic mass is 9.62. The Bertz CT molecular complexity index is 761. The Kier molecular flexibility index (Phi) is 3.98. The lowest BCUT2D eigenvalue weighted by molar-refractivity contribution is -0.144. The molecule has 0 saturated carbocycles. The molecular weight excluding hydrogens is 355 g/mol. The number of nitrogens with zero attached hydrogens (tertiary/aromatic N) is 2. The third kappa shape index (κ3) is 3.29. The van der Waals surface area contributed by atoms with Crippen molar-refractivity contribution < 1.29 is 22.8 Å². The second-order valence-electron chi connectivity index (χ2n) is 7.40. The van der Waals surface area contributed by atoms with Crippen molar-refractivity contribution in [2.24, 2.45) is 16.6 Å². The highest BCUT2D eigenvalue weighted by Crippen LogP contribution is 2.47. The fraction of sp³-hybridized carbons (Fsp3) is 0.562. The second kappa shape index (κ2) is 5.55. The Labute approximate surface area is 146 Å². The van der Waals surface area contributed by atoms with E-state index in [1.165, 1.54) is 0 Å². The largest absolute Gasteiger partial charge is 0.434 e. The number of rotatable bonds is 2. The van der Waals surface area contributed by atoms with Gasteiger partial charge in [0.05, 0.1) is 12.1 Å². The van der Waals surface area contributed by atoms with Crippen LogP contribution in [0.5, 0.6) is 0 Å². The van der Waals surface area contributed by atoms with E-state index in [4.69, 9.17) is 5.73 Å². The zero-order valence-corrected chi connectivity index (χ0v) is 14.6. The minimum Gasteiger partial charge on any atom is -0.396 e. The van der Waals surface area contributed by atoms with Crippen LogP contribution in [-0.2, 0) is 22.2 Å². The van der Waals surface area contributed by atoms with E-state index in [9.17, 15) is 22.8 Å². The lowest BCUT2D eigenvalue weighted by Gasteiger charge is -2.53. The molecule has 25 heavy (non-hydrogen) atoms. The van der Waals surface area contributed by atoms with Crippen LogP contribution in [0.3, 0.4) is 0 Å². The van der Waals surface area contributed by atoms with Crippen LogP contribution in [0.4, 0.5) is 13.2 Å². The molecule has 1 aliphatic carbocycles. The summed E-state index contributed by atoms with van der Waals surface area (Å²) in [4.78, 5) is 29.4. The molecular formula is C16H18F3N3O2S. The van der Waals surface area contributed by atoms with Gasteiger partial charge in [-0.3, -0.25) is 9.59 Å². The molecule has 2 aliphatic rings. The molecule has 0 aromatic carbocycles. The van der Waals surface area contributed by atoms with Gasteiger partial charge in [0.2, 0.25) is 5.91 Å². The molecule has 2 N–H and O–H groups in total. The standard InChI is InChI=1S/C16H18F3N3O2S/c1-14(2)6-15(4-9(20)13(14)24)7-22(8-15)12(23)3-11-21-10(5-25-11)16(17,18)19/h4-5H,3,6-8,20H2,1-2H3. The van der Waals surface area contributed by atoms with Gasteiger partial charge in [0.1, 0.15) is 5.01 Å². The zero-order valence-electron chi connectivity index (χ0n) is 13.8. The molecule has 1 saturated heterocycles. The zero-order chi connectivity index (χ0) is 18.6. The fourth-order valence-corrected chi connectivity index (χ4v) is 4.45. The van der Waals surface area contributed by atoms with Crippen LogP contribution >= 0.6 is 11.3 Å². The summed E-state index contributed by atoms with van der Waals surface area (Å²) in [6, 6.07) is 0. The number of nitrogens with two attached hydrogens (primary N) is 1. The number of hydrogen-bond acceptors (Lipinski definition) is 5. The van der Waals surface area contributed by atoms with Crippen LogP contribution in [0.1, 0.15) is 31.0 Å². The smallest absolute Gasteiger partial charge is 0.396 e. The van der Waals surface area contributed by atoms with Gasteiger partial charge in [-0.1, -0.05) is 13.8 Å². The number of halogens is 3. The van der Waals surface area contributed by atoms with Gasteiger partial charge in [-0.25, -0.2) is 4.98 Å². The van der Waals surface area contributed by atoms with Crippen molar-refractivity contribution in [1.82, 2.24) is 9.88 Å². The fourth-order valence-electron chi connectivity index (χ4n) is 3.65. The Morgan fingerprint density at radius 1 is 1.40 bits per heavy atom. The average Bonchev–Trinajstić information content (AvgIpc) is 2.90. The summed E-state index contributed by atoms with van der Waals surface area (Å²) in [6.07, 6.45) is -2.33. The second-order valence-corrected chi connectivity index (χ2v) is 8.35. The van der Waals surface area contributed by atoms with E-state index in [0.717, 1.165) is 16.7 Å². The highest BCUT2D eigenvalue weighted by molar-refractivity contribution is 7.09. The van der Waals surface area contributed by atoms with E-state index in [2.05, 4.69) is 4.98 Å². The maximum atomic E-state index is 12.6. The van der Waals surface area contributed by atoms with Crippen molar-refractivity contribution >= 4 is 23.0 Å². The SMILES string of the molecule is CC1(C)CC2(C=C(N)C1=O)CN(C(=O)Cc1nc(C(F)(F)F)cs1)C2. The Morgan fingerprint density at radius 3 is 2.56 bits per heavy atom. The number of allylic oxidation sites excluding steroid dienone is 1. The molecule has 1 fully saturated rings. The maximum absolute atomic E-state index is 12.6. The minimum absolute atomic E-state index is 0.0923. The predicted molar refractivity (Wildman–Crippen MR) is 85.5 cm³/mol. The van der Waals surface area contributed by atoms with Crippen molar-refractivity contribution in [2.75, 3.05) is 13.1 Å². The Balaban J connectivity index is 1.64. The van der Waals surface area contributed by atoms with Crippen LogP contribution in [0.15, 0.2) is 17.2 Å². The van der Waals surface area contributed by atoms with Crippen LogP contribution in [0.25, 0.3) is 0 Å². The van der Waals surface area contributed by atoms with E-state index < -0.39 is 17.3 Å². The first-order valence-electron chi connectivity index (χ1n) is 7.74. The van der Waals surface area contributed by atoms with E-state index in [1.807, 2.05) is 13.8 Å². The summed E-state index contributed by atoms with van der Waals surface area (Å²) in [6.45, 7) is 4.49. The summed E-state index contributed by atoms with van der Waals surface area (Å²) in [7, 11) is 0. The van der Waals surface area contributed by atoms with Gasteiger partial charge in [-0.2, -0.15) is 13.2 Å². The number of ketones is 1. The molecule has 2 heterocycles. The van der Waals surface area contributed by atoms with E-state index in [1.54, 1.807) is 11.0 Å². The number of amides is 1. The molecule has 0 radical (unpaired) electrons. The number of Topliss-reactive ketones (excluding diaryl/α,β-unsaturated/α-hetero) is 1. The average molecular weight is 373 g/mol. The number of carbonyl (C=O) groups is 2. The summed E-state index contributed by atoms with van der Waals surface area (Å²) >= 11 is 0.829. The summed E-state index contributed by atoms with van der Waals surface area (Å²) < 4.78 is 37.7. The highest BCUT2D eigenvalue weighted by Gasteiger charge is 2.51. The van der Waals surface area contributed by atoms with Gasteiger partial charge in [0.15, 0.2) is 11.5 Å². The number of likely N-dealkylation sites (tertiary alicyclic amines) is 1. The van der Waals surface area contributed by atoms with Gasteiger partial charge in [-0.15, -0.1) is 11.3 Å². The first kappa shape index (κ1) is 17.9. The van der Waals surface area contributed by atoms with Gasteiger partial charge >= 0.3 is 6.18 Å². The Morgan fingerprint density at radius 2 is 2.04 bits per heavy atom. The molecule has 1 spiro atoms. The molecule has 5 nitrogen and oxygen atoms in total. The number of carbonyl (C=O) groups excluding carboxylic acids is 2. The molecule has 0 atom stereocenters. The third-order valence-electron chi connectivity index (χ3n) is 4.64. The summed E-state index contributed by atoms with van der Waals surface area (Å²) in [5.74, 6) is -0.360. The van der Waals surface area contributed by atoms with Gasteiger partial charge in [-0.05, 0) is 12.5 Å². The van der Waals surface area contributed by atoms with Crippen molar-refractivity contribution in [1.29, 1.82) is 0 Å². The van der Waals surface area contributed by atoms with E-state index in [-0.39, 0.29) is 34.2 Å². The lowest BCUT2D eigenvalue weighted by Crippen LogP contribution is -2.61. The first-order chi connectivity index (χ1) is 11.4. The molecule has 136 valence electrons. The Hall–Kier alpha value is -1.90. The first-order valence-corrected chi connectivity index (χ1v) is 8.62. The predicted octanol–water partition coefficient (Wildman–Crippen LogP) is 2.37. The topological polar surface area (TPSA) is 76.3 Å². The number of alkyl halides is 3. The van der Waals surface area contributed by atoms with Crippen LogP contribution in [0.2, 0.25) is 0 Å². The number of hydrogen-bond donors (Lipinski definition) is 1. The van der Waals surface area contributed by atoms with Crippen molar-refractivity contribution in [3.05, 3.63) is 27.9 Å². The molecule has 0 bridgehead atoms. The van der Waals surface area contributed by atoms with E-state index in [0.29, 0.717) is 19.5 Å². The van der Waals surface area contributed by atoms with Crippen molar-refractivity contribution in [2.45, 2.75) is 32.9 Å². The molecule has 9 heteroatoms. The number of aromatic nitrogens is 1. The van der Waals surface area contributed by atoms with Gasteiger partial charge in [0, 0.05) is 29.3 Å². The third-order valence-corrected chi connectivity index (χ3v) is 5.49. The van der Waals surface area contributed by atoms with Gasteiger partial charge < -0.3 is 10.6 Å². The highest BCUT2D eigenvalue weighted by atomic mass is 32.1. The molecule has 0 unspecified atom stereocenters. The normalized spacial score (nSPS) is 21.9. The quantitative estimate of drug-likeness (QED) is 0.864. The van der Waals surface area contributed by atoms with Crippen molar-refractivity contribution in [3.63, 3.8) is 0 Å². The minimum atomic E-state index is -4.50. The molecule has 1 aliphatic heterocycles. The monoisotopic (exact) mass is 373 g/mol. The van der Waals surface area contributed by atoms with Crippen LogP contribution in [-0.4, -0.2) is 34.7 Å². The van der Waals surface area contributed by atoms with Crippen molar-refractivity contribution in [3.8, 4) is 0 Å². The number of thiazole rings is 1. The maximum Gasteiger partial charge on any atom is 0.434 e. The molecule has 1 amide bonds. The molecule has 1 aromatic heterocycles. The molecule has 3 rings (SSSR count). The van der Waals surface area contributed by atoms with E-state index >= 15 is 0 Å². The molecule has 1 aromatic rings. The summed E-state index contributed by atoms with van der Waals surface area (Å²) in [5, 5.41) is 1.06.